The van der Waals surface area contributed by atoms with Crippen LogP contribution in [-0.2, 0) is 16.1 Å². The Balaban J connectivity index is 2.62. The van der Waals surface area contributed by atoms with Crippen molar-refractivity contribution in [2.75, 3.05) is 0 Å². The van der Waals surface area contributed by atoms with Gasteiger partial charge in [-0.15, -0.1) is 0 Å². The smallest absolute Gasteiger partial charge is 0.243 e. The maximum absolute atomic E-state index is 12.3. The van der Waals surface area contributed by atoms with Crippen LogP contribution in [0.1, 0.15) is 46.1 Å². The van der Waals surface area contributed by atoms with Crippen molar-refractivity contribution in [3.63, 3.8) is 0 Å². The standard InChI is InChI=1S/C17H27N3O2/c1-5-14(6-2)16(21)20-15(12(3)4)17(22)19-11-13-8-7-9-18-10-13/h7-10,12,14-15H,5-6,11H2,1-4H3,(H,19,22)(H,20,21)/t15-/m1/s1. The summed E-state index contributed by atoms with van der Waals surface area (Å²) >= 11 is 0. The Kier molecular flexibility index (Phi) is 7.57. The predicted octanol–water partition coefficient (Wildman–Crippen LogP) is 2.27. The van der Waals surface area contributed by atoms with Gasteiger partial charge in [0.05, 0.1) is 0 Å². The van der Waals surface area contributed by atoms with E-state index < -0.39 is 6.04 Å². The minimum absolute atomic E-state index is 0.0345. The Morgan fingerprint density at radius 1 is 1.18 bits per heavy atom. The molecule has 0 radical (unpaired) electrons. The van der Waals surface area contributed by atoms with E-state index in [0.717, 1.165) is 18.4 Å². The van der Waals surface area contributed by atoms with E-state index in [1.165, 1.54) is 0 Å². The Bertz CT molecular complexity index is 470. The van der Waals surface area contributed by atoms with Crippen molar-refractivity contribution >= 4 is 11.8 Å². The molecule has 0 aliphatic carbocycles. The fraction of sp³-hybridized carbons (Fsp3) is 0.588. The van der Waals surface area contributed by atoms with Gasteiger partial charge in [-0.25, -0.2) is 0 Å². The number of aromatic nitrogens is 1. The van der Waals surface area contributed by atoms with Gasteiger partial charge >= 0.3 is 0 Å². The van der Waals surface area contributed by atoms with Crippen molar-refractivity contribution in [1.82, 2.24) is 15.6 Å². The number of rotatable bonds is 8. The highest BCUT2D eigenvalue weighted by Crippen LogP contribution is 2.10. The number of hydrogen-bond acceptors (Lipinski definition) is 3. The number of nitrogens with zero attached hydrogens (tertiary/aromatic N) is 1. The van der Waals surface area contributed by atoms with Crippen LogP contribution in [0, 0.1) is 11.8 Å². The highest BCUT2D eigenvalue weighted by Gasteiger charge is 2.26. The highest BCUT2D eigenvalue weighted by atomic mass is 16.2. The quantitative estimate of drug-likeness (QED) is 0.774. The van der Waals surface area contributed by atoms with Gasteiger partial charge in [0.25, 0.3) is 0 Å². The first-order valence-electron chi connectivity index (χ1n) is 7.96. The fourth-order valence-corrected chi connectivity index (χ4v) is 2.27. The molecule has 1 atom stereocenters. The van der Waals surface area contributed by atoms with Gasteiger partial charge < -0.3 is 10.6 Å². The van der Waals surface area contributed by atoms with E-state index in [9.17, 15) is 9.59 Å². The SMILES string of the molecule is CCC(CC)C(=O)N[C@@H](C(=O)NCc1cccnc1)C(C)C. The second-order valence-corrected chi connectivity index (χ2v) is 5.82. The van der Waals surface area contributed by atoms with Gasteiger partial charge in [-0.05, 0) is 30.4 Å². The van der Waals surface area contributed by atoms with E-state index in [4.69, 9.17) is 0 Å². The zero-order valence-corrected chi connectivity index (χ0v) is 13.9. The van der Waals surface area contributed by atoms with Gasteiger partial charge in [-0.2, -0.15) is 0 Å². The van der Waals surface area contributed by atoms with E-state index in [-0.39, 0.29) is 23.7 Å². The van der Waals surface area contributed by atoms with Gasteiger partial charge in [0.15, 0.2) is 0 Å². The minimum atomic E-state index is -0.509. The number of pyridine rings is 1. The molecule has 122 valence electrons. The average Bonchev–Trinajstić information content (AvgIpc) is 2.52. The van der Waals surface area contributed by atoms with Gasteiger partial charge in [0, 0.05) is 24.9 Å². The number of carbonyl (C=O) groups is 2. The summed E-state index contributed by atoms with van der Waals surface area (Å²) in [6.07, 6.45) is 4.97. The lowest BCUT2D eigenvalue weighted by atomic mass is 9.99. The summed E-state index contributed by atoms with van der Waals surface area (Å²) in [4.78, 5) is 28.6. The molecule has 5 nitrogen and oxygen atoms in total. The van der Waals surface area contributed by atoms with Crippen LogP contribution < -0.4 is 10.6 Å². The molecule has 0 spiro atoms. The molecule has 2 N–H and O–H groups in total. The normalized spacial score (nSPS) is 12.3. The number of nitrogens with one attached hydrogen (secondary N) is 2. The lowest BCUT2D eigenvalue weighted by molar-refractivity contribution is -0.132. The van der Waals surface area contributed by atoms with Crippen molar-refractivity contribution in [1.29, 1.82) is 0 Å². The minimum Gasteiger partial charge on any atom is -0.350 e. The summed E-state index contributed by atoms with van der Waals surface area (Å²) in [7, 11) is 0. The monoisotopic (exact) mass is 305 g/mol. The Morgan fingerprint density at radius 3 is 2.36 bits per heavy atom. The largest absolute Gasteiger partial charge is 0.350 e. The van der Waals surface area contributed by atoms with Crippen molar-refractivity contribution in [3.05, 3.63) is 30.1 Å². The molecule has 0 saturated heterocycles. The average molecular weight is 305 g/mol. The van der Waals surface area contributed by atoms with Crippen molar-refractivity contribution < 1.29 is 9.59 Å². The van der Waals surface area contributed by atoms with Crippen LogP contribution in [-0.4, -0.2) is 22.8 Å². The van der Waals surface area contributed by atoms with Crippen LogP contribution in [0.25, 0.3) is 0 Å². The molecule has 0 aliphatic rings. The van der Waals surface area contributed by atoms with Crippen LogP contribution in [0.3, 0.4) is 0 Å². The topological polar surface area (TPSA) is 71.1 Å². The van der Waals surface area contributed by atoms with Crippen LogP contribution in [0.4, 0.5) is 0 Å². The molecule has 1 rings (SSSR count). The van der Waals surface area contributed by atoms with Gasteiger partial charge in [-0.1, -0.05) is 33.8 Å². The Morgan fingerprint density at radius 2 is 1.86 bits per heavy atom. The molecule has 0 aliphatic heterocycles. The van der Waals surface area contributed by atoms with Crippen molar-refractivity contribution in [2.45, 2.75) is 53.1 Å². The zero-order chi connectivity index (χ0) is 16.5. The lowest BCUT2D eigenvalue weighted by Gasteiger charge is -2.24. The van der Waals surface area contributed by atoms with Crippen molar-refractivity contribution in [2.24, 2.45) is 11.8 Å². The van der Waals surface area contributed by atoms with E-state index in [0.29, 0.717) is 6.54 Å². The zero-order valence-electron chi connectivity index (χ0n) is 13.9. The first-order chi connectivity index (χ1) is 10.5. The van der Waals surface area contributed by atoms with Crippen LogP contribution in [0.2, 0.25) is 0 Å². The van der Waals surface area contributed by atoms with E-state index in [1.54, 1.807) is 12.4 Å². The molecule has 0 saturated carbocycles. The molecule has 5 heteroatoms. The first-order valence-corrected chi connectivity index (χ1v) is 7.96. The van der Waals surface area contributed by atoms with Gasteiger partial charge in [0.2, 0.25) is 11.8 Å². The summed E-state index contributed by atoms with van der Waals surface area (Å²) in [6, 6.07) is 3.22. The van der Waals surface area contributed by atoms with Crippen LogP contribution >= 0.6 is 0 Å². The van der Waals surface area contributed by atoms with Gasteiger partial charge in [-0.3, -0.25) is 14.6 Å². The van der Waals surface area contributed by atoms with Crippen molar-refractivity contribution in [3.8, 4) is 0 Å². The molecule has 1 heterocycles. The molecule has 2 amide bonds. The van der Waals surface area contributed by atoms with Gasteiger partial charge in [0.1, 0.15) is 6.04 Å². The molecule has 0 unspecified atom stereocenters. The summed E-state index contributed by atoms with van der Waals surface area (Å²) in [5.74, 6) is -0.196. The maximum Gasteiger partial charge on any atom is 0.243 e. The van der Waals surface area contributed by atoms with E-state index in [2.05, 4.69) is 15.6 Å². The summed E-state index contributed by atoms with van der Waals surface area (Å²) in [5, 5.41) is 5.75. The molecule has 22 heavy (non-hydrogen) atoms. The molecule has 0 fully saturated rings. The molecule has 1 aromatic heterocycles. The molecule has 0 bridgehead atoms. The number of hydrogen-bond donors (Lipinski definition) is 2. The van der Waals surface area contributed by atoms with E-state index in [1.807, 2.05) is 39.8 Å². The lowest BCUT2D eigenvalue weighted by Crippen LogP contribution is -2.51. The molecular formula is C17H27N3O2. The third-order valence-corrected chi connectivity index (χ3v) is 3.79. The Hall–Kier alpha value is -1.91. The predicted molar refractivity (Wildman–Crippen MR) is 86.9 cm³/mol. The fourth-order valence-electron chi connectivity index (χ4n) is 2.27. The van der Waals surface area contributed by atoms with Crippen LogP contribution in [0.5, 0.6) is 0 Å². The van der Waals surface area contributed by atoms with E-state index >= 15 is 0 Å². The Labute approximate surface area is 132 Å². The first kappa shape index (κ1) is 18.1. The molecular weight excluding hydrogens is 278 g/mol. The second-order valence-electron chi connectivity index (χ2n) is 5.82. The third kappa shape index (κ3) is 5.47. The number of amides is 2. The summed E-state index contributed by atoms with van der Waals surface area (Å²) in [6.45, 7) is 8.25. The third-order valence-electron chi connectivity index (χ3n) is 3.79. The number of carbonyl (C=O) groups excluding carboxylic acids is 2. The maximum atomic E-state index is 12.3. The molecule has 1 aromatic rings. The highest BCUT2D eigenvalue weighted by molar-refractivity contribution is 5.88. The van der Waals surface area contributed by atoms with Crippen LogP contribution in [0.15, 0.2) is 24.5 Å². The molecule has 0 aromatic carbocycles. The summed E-state index contributed by atoms with van der Waals surface area (Å²) in [5.41, 5.74) is 0.935. The summed E-state index contributed by atoms with van der Waals surface area (Å²) < 4.78 is 0. The second kappa shape index (κ2) is 9.18.